The maximum Gasteiger partial charge on any atom is 0.126 e. The van der Waals surface area contributed by atoms with E-state index >= 15 is 0 Å². The number of H-pyrrole nitrogens is 2. The summed E-state index contributed by atoms with van der Waals surface area (Å²) in [6.45, 7) is 3.93. The summed E-state index contributed by atoms with van der Waals surface area (Å²) in [7, 11) is 0. The van der Waals surface area contributed by atoms with Gasteiger partial charge in [0.05, 0.1) is 22.7 Å². The van der Waals surface area contributed by atoms with Gasteiger partial charge < -0.3 is 4.98 Å². The van der Waals surface area contributed by atoms with Crippen LogP contribution < -0.4 is 0 Å². The van der Waals surface area contributed by atoms with Crippen molar-refractivity contribution in [3.8, 4) is 11.1 Å². The number of aromatic amines is 2. The van der Waals surface area contributed by atoms with Crippen molar-refractivity contribution < 1.29 is 0 Å². The molecule has 0 spiro atoms. The normalized spacial score (nSPS) is 12.2. The Morgan fingerprint density at radius 2 is 1.31 bits per heavy atom. The van der Waals surface area contributed by atoms with E-state index in [-0.39, 0.29) is 0 Å². The van der Waals surface area contributed by atoms with Gasteiger partial charge in [-0.25, -0.2) is 15.0 Å². The average Bonchev–Trinajstić information content (AvgIpc) is 3.49. The van der Waals surface area contributed by atoms with Crippen LogP contribution in [-0.2, 0) is 0 Å². The molecule has 0 saturated carbocycles. The largest absolute Gasteiger partial charge is 0.342 e. The monoisotopic (exact) mass is 464 g/mol. The van der Waals surface area contributed by atoms with Gasteiger partial charge in [-0.2, -0.15) is 5.10 Å². The van der Waals surface area contributed by atoms with E-state index in [0.717, 1.165) is 60.8 Å². The quantitative estimate of drug-likeness (QED) is 0.253. The highest BCUT2D eigenvalue weighted by Gasteiger charge is 2.14. The summed E-state index contributed by atoms with van der Waals surface area (Å²) in [6, 6.07) is 22.0. The van der Waals surface area contributed by atoms with Gasteiger partial charge >= 0.3 is 0 Å². The second-order valence-electron chi connectivity index (χ2n) is 9.47. The van der Waals surface area contributed by atoms with Crippen LogP contribution in [0, 0.1) is 13.8 Å². The van der Waals surface area contributed by atoms with Gasteiger partial charge in [0.1, 0.15) is 17.2 Å². The molecule has 170 valence electrons. The van der Waals surface area contributed by atoms with Crippen molar-refractivity contribution in [1.82, 2.24) is 30.1 Å². The van der Waals surface area contributed by atoms with E-state index in [1.165, 1.54) is 27.1 Å². The molecule has 0 bridgehead atoms. The third-order valence-corrected chi connectivity index (χ3v) is 7.28. The van der Waals surface area contributed by atoms with Crippen molar-refractivity contribution in [3.63, 3.8) is 0 Å². The summed E-state index contributed by atoms with van der Waals surface area (Å²) >= 11 is 0. The maximum absolute atomic E-state index is 4.73. The SMILES string of the molecule is Cc1nc2c3ccc(-c4ccc5c(ccc6c5ccc5[nH]c(C)nc56)c4)cc3c3c[nH]ncc3c2n1. The van der Waals surface area contributed by atoms with Crippen molar-refractivity contribution in [3.05, 3.63) is 84.7 Å². The van der Waals surface area contributed by atoms with E-state index in [1.54, 1.807) is 0 Å². The van der Waals surface area contributed by atoms with E-state index in [0.29, 0.717) is 0 Å². The highest BCUT2D eigenvalue weighted by Crippen LogP contribution is 2.37. The van der Waals surface area contributed by atoms with E-state index in [1.807, 2.05) is 26.2 Å². The average molecular weight is 465 g/mol. The van der Waals surface area contributed by atoms with Crippen molar-refractivity contribution in [1.29, 1.82) is 0 Å². The standard InChI is InChI=1S/C30H20N6/c1-15-33-27-10-9-21-20-6-3-17(11-19(20)5-8-22(21)28(27)34-15)18-4-7-23-24(12-18)25-13-31-32-14-26(25)30-29(23)35-16(2)36-30/h3-14,31H,1-2H3,(H,33,34). The first kappa shape index (κ1) is 19.5. The molecule has 3 aromatic heterocycles. The van der Waals surface area contributed by atoms with E-state index in [4.69, 9.17) is 9.97 Å². The third kappa shape index (κ3) is 2.61. The number of rotatable bonds is 1. The highest BCUT2D eigenvalue weighted by molar-refractivity contribution is 6.23. The molecule has 6 heteroatoms. The van der Waals surface area contributed by atoms with Crippen LogP contribution in [0.4, 0.5) is 0 Å². The van der Waals surface area contributed by atoms with Crippen LogP contribution in [0.25, 0.3) is 76.3 Å². The lowest BCUT2D eigenvalue weighted by Gasteiger charge is -2.10. The van der Waals surface area contributed by atoms with Crippen molar-refractivity contribution in [2.75, 3.05) is 0 Å². The number of nitrogens with zero attached hydrogens (tertiary/aromatic N) is 4. The Labute approximate surface area is 205 Å². The topological polar surface area (TPSA) is 83.1 Å². The molecule has 0 aliphatic heterocycles. The molecule has 36 heavy (non-hydrogen) atoms. The summed E-state index contributed by atoms with van der Waals surface area (Å²) in [5.74, 6) is 1.71. The van der Waals surface area contributed by atoms with E-state index in [2.05, 4.69) is 80.8 Å². The van der Waals surface area contributed by atoms with Crippen molar-refractivity contribution >= 4 is 65.2 Å². The lowest BCUT2D eigenvalue weighted by Crippen LogP contribution is -1.87. The van der Waals surface area contributed by atoms with Gasteiger partial charge in [0.2, 0.25) is 0 Å². The van der Waals surface area contributed by atoms with Gasteiger partial charge in [-0.05, 0) is 64.7 Å². The van der Waals surface area contributed by atoms with Crippen molar-refractivity contribution in [2.45, 2.75) is 13.8 Å². The zero-order valence-corrected chi connectivity index (χ0v) is 19.7. The van der Waals surface area contributed by atoms with E-state index in [9.17, 15) is 0 Å². The van der Waals surface area contributed by atoms with Gasteiger partial charge in [-0.15, -0.1) is 0 Å². The zero-order valence-electron chi connectivity index (χ0n) is 19.7. The second-order valence-corrected chi connectivity index (χ2v) is 9.47. The second kappa shape index (κ2) is 6.86. The Kier molecular flexibility index (Phi) is 3.71. The Hall–Kier alpha value is -4.84. The number of aryl methyl sites for hydroxylation is 2. The minimum absolute atomic E-state index is 0.778. The molecular weight excluding hydrogens is 444 g/mol. The Morgan fingerprint density at radius 1 is 0.583 bits per heavy atom. The highest BCUT2D eigenvalue weighted by atomic mass is 15.1. The van der Waals surface area contributed by atoms with E-state index < -0.39 is 0 Å². The summed E-state index contributed by atoms with van der Waals surface area (Å²) < 4.78 is 0. The number of hydrogen-bond acceptors (Lipinski definition) is 4. The Morgan fingerprint density at radius 3 is 2.19 bits per heavy atom. The smallest absolute Gasteiger partial charge is 0.126 e. The first-order valence-corrected chi connectivity index (χ1v) is 12.0. The molecule has 8 rings (SSSR count). The maximum atomic E-state index is 4.73. The van der Waals surface area contributed by atoms with Gasteiger partial charge in [-0.1, -0.05) is 42.5 Å². The third-order valence-electron chi connectivity index (χ3n) is 7.28. The Bertz CT molecular complexity index is 2180. The van der Waals surface area contributed by atoms with Crippen LogP contribution in [0.5, 0.6) is 0 Å². The number of aromatic nitrogens is 6. The predicted molar refractivity (Wildman–Crippen MR) is 146 cm³/mol. The fourth-order valence-corrected chi connectivity index (χ4v) is 5.67. The predicted octanol–water partition coefficient (Wildman–Crippen LogP) is 7.13. The number of benzene rings is 5. The molecule has 0 radical (unpaired) electrons. The van der Waals surface area contributed by atoms with Gasteiger partial charge in [-0.3, -0.25) is 5.10 Å². The van der Waals surface area contributed by atoms with Crippen LogP contribution in [0.1, 0.15) is 11.6 Å². The van der Waals surface area contributed by atoms with Crippen molar-refractivity contribution in [2.24, 2.45) is 0 Å². The van der Waals surface area contributed by atoms with Gasteiger partial charge in [0.15, 0.2) is 0 Å². The summed E-state index contributed by atoms with van der Waals surface area (Å²) in [4.78, 5) is 17.5. The lowest BCUT2D eigenvalue weighted by molar-refractivity contribution is 1.05. The summed E-state index contributed by atoms with van der Waals surface area (Å²) in [6.07, 6.45) is 3.80. The fraction of sp³-hybridized carbons (Fsp3) is 0.0667. The number of nitrogens with one attached hydrogen (secondary N) is 2. The molecule has 0 fully saturated rings. The lowest BCUT2D eigenvalue weighted by atomic mass is 9.94. The first-order valence-electron chi connectivity index (χ1n) is 12.0. The number of imidazole rings is 2. The molecule has 6 nitrogen and oxygen atoms in total. The number of hydrogen-bond donors (Lipinski definition) is 2. The van der Waals surface area contributed by atoms with Crippen LogP contribution in [0.2, 0.25) is 0 Å². The number of fused-ring (bicyclic) bond motifs is 11. The summed E-state index contributed by atoms with van der Waals surface area (Å²) in [5.41, 5.74) is 6.28. The molecule has 2 N–H and O–H groups in total. The van der Waals surface area contributed by atoms with Crippen LogP contribution in [0.3, 0.4) is 0 Å². The molecule has 5 aromatic carbocycles. The molecule has 0 unspecified atom stereocenters. The fourth-order valence-electron chi connectivity index (χ4n) is 5.67. The molecular formula is C30H20N6. The Balaban J connectivity index is 1.36. The first-order chi connectivity index (χ1) is 17.6. The van der Waals surface area contributed by atoms with Crippen LogP contribution in [0.15, 0.2) is 73.1 Å². The molecule has 0 aliphatic carbocycles. The molecule has 8 aromatic rings. The van der Waals surface area contributed by atoms with Crippen LogP contribution >= 0.6 is 0 Å². The minimum Gasteiger partial charge on any atom is -0.342 e. The molecule has 3 heterocycles. The molecule has 0 saturated heterocycles. The minimum atomic E-state index is 0.778. The van der Waals surface area contributed by atoms with Gasteiger partial charge in [0, 0.05) is 27.7 Å². The summed E-state index contributed by atoms with van der Waals surface area (Å²) in [5, 5.41) is 16.4. The van der Waals surface area contributed by atoms with Crippen LogP contribution in [-0.4, -0.2) is 30.1 Å². The molecule has 0 amide bonds. The zero-order chi connectivity index (χ0) is 24.0. The molecule has 0 aliphatic rings. The molecule has 0 atom stereocenters. The van der Waals surface area contributed by atoms with Gasteiger partial charge in [0.25, 0.3) is 0 Å².